The first-order chi connectivity index (χ1) is 7.85. The van der Waals surface area contributed by atoms with Gasteiger partial charge in [0.1, 0.15) is 0 Å². The van der Waals surface area contributed by atoms with Crippen LogP contribution in [-0.2, 0) is 0 Å². The summed E-state index contributed by atoms with van der Waals surface area (Å²) in [4.78, 5) is 2.66. The third-order valence-electron chi connectivity index (χ3n) is 3.06. The molecule has 0 rings (SSSR count). The van der Waals surface area contributed by atoms with Crippen LogP contribution in [0, 0.1) is 0 Å². The van der Waals surface area contributed by atoms with Gasteiger partial charge in [-0.15, -0.1) is 0 Å². The van der Waals surface area contributed by atoms with Gasteiger partial charge in [-0.05, 0) is 58.9 Å². The molecule has 0 bridgehead atoms. The van der Waals surface area contributed by atoms with E-state index in [9.17, 15) is 0 Å². The molecule has 0 aromatic rings. The lowest BCUT2D eigenvalue weighted by Gasteiger charge is -2.21. The number of hydrogen-bond donors (Lipinski definition) is 1. The zero-order valence-corrected chi connectivity index (χ0v) is 11.7. The minimum absolute atomic E-state index is 1.17. The molecule has 2 nitrogen and oxygen atoms in total. The normalized spacial score (nSPS) is 11.2. The van der Waals surface area contributed by atoms with Crippen LogP contribution in [0.3, 0.4) is 0 Å². The minimum Gasteiger partial charge on any atom is -0.320 e. The molecule has 0 aliphatic carbocycles. The van der Waals surface area contributed by atoms with Crippen molar-refractivity contribution in [3.8, 4) is 0 Å². The molecular formula is C14H32N2. The van der Waals surface area contributed by atoms with Crippen LogP contribution in [0.1, 0.15) is 58.8 Å². The second-order valence-corrected chi connectivity index (χ2v) is 4.71. The van der Waals surface area contributed by atoms with Gasteiger partial charge in [0.2, 0.25) is 0 Å². The Morgan fingerprint density at radius 3 is 1.81 bits per heavy atom. The van der Waals surface area contributed by atoms with Gasteiger partial charge in [-0.1, -0.05) is 33.1 Å². The molecule has 0 spiro atoms. The second kappa shape index (κ2) is 13.0. The van der Waals surface area contributed by atoms with Gasteiger partial charge in [0, 0.05) is 0 Å². The first-order valence-corrected chi connectivity index (χ1v) is 7.22. The fourth-order valence-electron chi connectivity index (χ4n) is 1.91. The Labute approximate surface area is 103 Å². The monoisotopic (exact) mass is 228 g/mol. The van der Waals surface area contributed by atoms with Gasteiger partial charge in [0.25, 0.3) is 0 Å². The summed E-state index contributed by atoms with van der Waals surface area (Å²) in [6.07, 6.45) is 9.43. The van der Waals surface area contributed by atoms with Gasteiger partial charge in [0.05, 0.1) is 0 Å². The summed E-state index contributed by atoms with van der Waals surface area (Å²) in [6, 6.07) is 0. The third-order valence-corrected chi connectivity index (χ3v) is 3.06. The van der Waals surface area contributed by atoms with Gasteiger partial charge in [-0.3, -0.25) is 0 Å². The van der Waals surface area contributed by atoms with E-state index in [1.165, 1.54) is 71.1 Å². The maximum atomic E-state index is 3.21. The molecule has 0 saturated carbocycles. The van der Waals surface area contributed by atoms with E-state index in [0.717, 1.165) is 0 Å². The minimum atomic E-state index is 1.17. The molecule has 0 saturated heterocycles. The Morgan fingerprint density at radius 1 is 0.750 bits per heavy atom. The zero-order valence-electron chi connectivity index (χ0n) is 11.7. The summed E-state index contributed by atoms with van der Waals surface area (Å²) >= 11 is 0. The van der Waals surface area contributed by atoms with E-state index in [1.54, 1.807) is 0 Å². The van der Waals surface area contributed by atoms with E-state index in [2.05, 4.69) is 24.1 Å². The fourth-order valence-corrected chi connectivity index (χ4v) is 1.91. The van der Waals surface area contributed by atoms with Crippen LogP contribution in [0.25, 0.3) is 0 Å². The molecule has 0 amide bonds. The molecule has 0 radical (unpaired) electrons. The molecule has 98 valence electrons. The van der Waals surface area contributed by atoms with E-state index in [0.29, 0.717) is 0 Å². The molecule has 0 aliphatic heterocycles. The Balaban J connectivity index is 3.48. The van der Waals surface area contributed by atoms with Crippen LogP contribution in [0.2, 0.25) is 0 Å². The van der Waals surface area contributed by atoms with Crippen LogP contribution < -0.4 is 5.32 Å². The van der Waals surface area contributed by atoms with Gasteiger partial charge in [0.15, 0.2) is 0 Å². The lowest BCUT2D eigenvalue weighted by atomic mass is 10.2. The highest BCUT2D eigenvalue weighted by Gasteiger charge is 2.02. The molecule has 0 aromatic carbocycles. The molecule has 1 N–H and O–H groups in total. The summed E-state index contributed by atoms with van der Waals surface area (Å²) in [7, 11) is 2.04. The van der Waals surface area contributed by atoms with E-state index in [1.807, 2.05) is 7.05 Å². The summed E-state index contributed by atoms with van der Waals surface area (Å²) in [5.41, 5.74) is 0. The van der Waals surface area contributed by atoms with Crippen molar-refractivity contribution in [3.63, 3.8) is 0 Å². The molecule has 0 heterocycles. The third kappa shape index (κ3) is 10.4. The first kappa shape index (κ1) is 15.9. The summed E-state index contributed by atoms with van der Waals surface area (Å²) < 4.78 is 0. The van der Waals surface area contributed by atoms with Crippen molar-refractivity contribution in [1.29, 1.82) is 0 Å². The average Bonchev–Trinajstić information content (AvgIpc) is 2.31. The molecule has 0 aliphatic rings. The Kier molecular flexibility index (Phi) is 12.9. The molecular weight excluding hydrogens is 196 g/mol. The number of nitrogens with one attached hydrogen (secondary N) is 1. The Bertz CT molecular complexity index is 118. The van der Waals surface area contributed by atoms with Crippen molar-refractivity contribution >= 4 is 0 Å². The van der Waals surface area contributed by atoms with Crippen LogP contribution in [0.5, 0.6) is 0 Å². The second-order valence-electron chi connectivity index (χ2n) is 4.71. The van der Waals surface area contributed by atoms with Crippen molar-refractivity contribution in [2.75, 3.05) is 33.2 Å². The quantitative estimate of drug-likeness (QED) is 0.516. The van der Waals surface area contributed by atoms with E-state index in [-0.39, 0.29) is 0 Å². The predicted molar refractivity (Wildman–Crippen MR) is 74.0 cm³/mol. The Hall–Kier alpha value is -0.0800. The van der Waals surface area contributed by atoms with E-state index < -0.39 is 0 Å². The standard InChI is InChI=1S/C14H32N2/c1-4-6-12-16(13-7-5-2)14-10-8-9-11-15-3/h15H,4-14H2,1-3H3. The SMILES string of the molecule is CCCCN(CCCC)CCCCCNC. The molecule has 0 fully saturated rings. The molecule has 16 heavy (non-hydrogen) atoms. The highest BCUT2D eigenvalue weighted by atomic mass is 15.1. The lowest BCUT2D eigenvalue weighted by Crippen LogP contribution is -2.27. The predicted octanol–water partition coefficient (Wildman–Crippen LogP) is 3.28. The van der Waals surface area contributed by atoms with Crippen LogP contribution in [0.15, 0.2) is 0 Å². The first-order valence-electron chi connectivity index (χ1n) is 7.22. The van der Waals surface area contributed by atoms with Gasteiger partial charge < -0.3 is 10.2 Å². The number of rotatable bonds is 12. The molecule has 0 unspecified atom stereocenters. The van der Waals surface area contributed by atoms with Crippen molar-refractivity contribution in [2.45, 2.75) is 58.8 Å². The maximum absolute atomic E-state index is 3.21. The van der Waals surface area contributed by atoms with Gasteiger partial charge >= 0.3 is 0 Å². The number of unbranched alkanes of at least 4 members (excludes halogenated alkanes) is 4. The van der Waals surface area contributed by atoms with Crippen LogP contribution >= 0.6 is 0 Å². The highest BCUT2D eigenvalue weighted by Crippen LogP contribution is 2.03. The summed E-state index contributed by atoms with van der Waals surface area (Å²) in [6.45, 7) is 9.66. The lowest BCUT2D eigenvalue weighted by molar-refractivity contribution is 0.259. The van der Waals surface area contributed by atoms with Crippen molar-refractivity contribution < 1.29 is 0 Å². The van der Waals surface area contributed by atoms with Crippen LogP contribution in [0.4, 0.5) is 0 Å². The van der Waals surface area contributed by atoms with Crippen molar-refractivity contribution in [2.24, 2.45) is 0 Å². The van der Waals surface area contributed by atoms with Crippen molar-refractivity contribution in [3.05, 3.63) is 0 Å². The van der Waals surface area contributed by atoms with E-state index in [4.69, 9.17) is 0 Å². The molecule has 2 heteroatoms. The van der Waals surface area contributed by atoms with Gasteiger partial charge in [-0.25, -0.2) is 0 Å². The maximum Gasteiger partial charge on any atom is -0.00187 e. The van der Waals surface area contributed by atoms with Gasteiger partial charge in [-0.2, -0.15) is 0 Å². The number of nitrogens with zero attached hydrogens (tertiary/aromatic N) is 1. The zero-order chi connectivity index (χ0) is 12.1. The molecule has 0 atom stereocenters. The Morgan fingerprint density at radius 2 is 1.31 bits per heavy atom. The van der Waals surface area contributed by atoms with Crippen molar-refractivity contribution in [1.82, 2.24) is 10.2 Å². The number of hydrogen-bond acceptors (Lipinski definition) is 2. The topological polar surface area (TPSA) is 15.3 Å². The smallest absolute Gasteiger partial charge is 0.00187 e. The average molecular weight is 228 g/mol. The highest BCUT2D eigenvalue weighted by molar-refractivity contribution is 4.58. The fraction of sp³-hybridized carbons (Fsp3) is 1.00. The summed E-state index contributed by atoms with van der Waals surface area (Å²) in [5, 5.41) is 3.21. The molecule has 0 aromatic heterocycles. The van der Waals surface area contributed by atoms with Crippen LogP contribution in [-0.4, -0.2) is 38.1 Å². The summed E-state index contributed by atoms with van der Waals surface area (Å²) in [5.74, 6) is 0. The van der Waals surface area contributed by atoms with E-state index >= 15 is 0 Å². The largest absolute Gasteiger partial charge is 0.320 e.